The van der Waals surface area contributed by atoms with Crippen LogP contribution >= 0.6 is 0 Å². The van der Waals surface area contributed by atoms with Crippen LogP contribution in [-0.2, 0) is 7.05 Å². The molecular formula is C14H13IN4. The molecule has 0 spiro atoms. The van der Waals surface area contributed by atoms with Gasteiger partial charge in [-0.1, -0.05) is 41.5 Å². The fourth-order valence-electron chi connectivity index (χ4n) is 1.52. The molecule has 1 aromatic carbocycles. The molecule has 2 aromatic rings. The number of rotatable bonds is 3. The molecule has 0 bridgehead atoms. The summed E-state index contributed by atoms with van der Waals surface area (Å²) in [4.78, 5) is 2.74. The van der Waals surface area contributed by atoms with Gasteiger partial charge in [0.1, 0.15) is 7.05 Å². The number of hydrogen-bond donors (Lipinski definition) is 0. The molecule has 0 radical (unpaired) electrons. The zero-order valence-electron chi connectivity index (χ0n) is 10.4. The first-order valence-electron chi connectivity index (χ1n) is 5.56. The van der Waals surface area contributed by atoms with Crippen molar-refractivity contribution in [1.29, 1.82) is 0 Å². The fourth-order valence-corrected chi connectivity index (χ4v) is 1.52. The number of halogens is 1. The molecular weight excluding hydrogens is 351 g/mol. The second-order valence-corrected chi connectivity index (χ2v) is 3.91. The lowest BCUT2D eigenvalue weighted by atomic mass is 10.1. The highest BCUT2D eigenvalue weighted by Gasteiger charge is 1.92. The summed E-state index contributed by atoms with van der Waals surface area (Å²) in [5, 5.41) is 3.53. The Labute approximate surface area is 129 Å². The van der Waals surface area contributed by atoms with E-state index in [9.17, 15) is 0 Å². The Morgan fingerprint density at radius 2 is 1.53 bits per heavy atom. The number of aryl methyl sites for hydroxylation is 1. The van der Waals surface area contributed by atoms with Crippen LogP contribution < -0.4 is 28.5 Å². The first-order chi connectivity index (χ1) is 8.78. The standard InChI is InChI=1S/C14H13N4.HI/c1-18-10-8-13(9-11-18)3-2-12-4-6-14(7-5-12)16-17-15;/h2-11H,1H3;1H/q+1;/p-1/b3-2+;. The van der Waals surface area contributed by atoms with Crippen LogP contribution in [0.25, 0.3) is 22.6 Å². The maximum Gasteiger partial charge on any atom is 0.169 e. The van der Waals surface area contributed by atoms with Crippen LogP contribution in [0.3, 0.4) is 0 Å². The zero-order chi connectivity index (χ0) is 12.8. The predicted octanol–water partition coefficient (Wildman–Crippen LogP) is 0.627. The Morgan fingerprint density at radius 1 is 1.00 bits per heavy atom. The molecule has 4 nitrogen and oxygen atoms in total. The van der Waals surface area contributed by atoms with Gasteiger partial charge < -0.3 is 24.0 Å². The Bertz CT molecular complexity index is 596. The molecule has 2 rings (SSSR count). The van der Waals surface area contributed by atoms with E-state index in [0.29, 0.717) is 5.69 Å². The monoisotopic (exact) mass is 364 g/mol. The van der Waals surface area contributed by atoms with E-state index >= 15 is 0 Å². The predicted molar refractivity (Wildman–Crippen MR) is 71.8 cm³/mol. The van der Waals surface area contributed by atoms with Gasteiger partial charge >= 0.3 is 0 Å². The molecule has 0 saturated carbocycles. The van der Waals surface area contributed by atoms with Gasteiger partial charge in [-0.3, -0.25) is 0 Å². The molecule has 0 fully saturated rings. The second kappa shape index (κ2) is 7.56. The highest BCUT2D eigenvalue weighted by molar-refractivity contribution is 5.69. The van der Waals surface area contributed by atoms with Crippen molar-refractivity contribution < 1.29 is 28.5 Å². The lowest BCUT2D eigenvalue weighted by molar-refractivity contribution is -0.671. The van der Waals surface area contributed by atoms with E-state index in [-0.39, 0.29) is 24.0 Å². The minimum absolute atomic E-state index is 0. The van der Waals surface area contributed by atoms with E-state index < -0.39 is 0 Å². The van der Waals surface area contributed by atoms with Gasteiger partial charge in [0.05, 0.1) is 0 Å². The highest BCUT2D eigenvalue weighted by Crippen LogP contribution is 2.14. The van der Waals surface area contributed by atoms with Crippen LogP contribution in [0.2, 0.25) is 0 Å². The summed E-state index contributed by atoms with van der Waals surface area (Å²) in [5.41, 5.74) is 11.1. The molecule has 1 aromatic heterocycles. The van der Waals surface area contributed by atoms with E-state index in [2.05, 4.69) is 10.0 Å². The fraction of sp³-hybridized carbons (Fsp3) is 0.0714. The molecule has 0 unspecified atom stereocenters. The van der Waals surface area contributed by atoms with Crippen LogP contribution in [0.5, 0.6) is 0 Å². The van der Waals surface area contributed by atoms with Crippen molar-refractivity contribution in [2.24, 2.45) is 12.2 Å². The molecule has 0 aliphatic heterocycles. The number of aromatic nitrogens is 1. The van der Waals surface area contributed by atoms with Crippen molar-refractivity contribution in [3.8, 4) is 0 Å². The number of benzene rings is 1. The number of pyridine rings is 1. The molecule has 0 aliphatic carbocycles. The van der Waals surface area contributed by atoms with Gasteiger partial charge in [-0.25, -0.2) is 4.57 Å². The number of hydrogen-bond acceptors (Lipinski definition) is 1. The van der Waals surface area contributed by atoms with Crippen molar-refractivity contribution in [3.63, 3.8) is 0 Å². The van der Waals surface area contributed by atoms with E-state index in [4.69, 9.17) is 5.53 Å². The third-order valence-corrected chi connectivity index (χ3v) is 2.53. The van der Waals surface area contributed by atoms with Crippen LogP contribution in [0.1, 0.15) is 11.1 Å². The quantitative estimate of drug-likeness (QED) is 0.252. The average molecular weight is 364 g/mol. The van der Waals surface area contributed by atoms with Crippen LogP contribution in [-0.4, -0.2) is 0 Å². The Balaban J connectivity index is 0.00000180. The Morgan fingerprint density at radius 3 is 2.05 bits per heavy atom. The topological polar surface area (TPSA) is 52.6 Å². The van der Waals surface area contributed by atoms with Crippen molar-refractivity contribution in [2.75, 3.05) is 0 Å². The summed E-state index contributed by atoms with van der Waals surface area (Å²) in [5.74, 6) is 0. The third-order valence-electron chi connectivity index (χ3n) is 2.53. The molecule has 96 valence electrons. The Kier molecular flexibility index (Phi) is 6.05. The molecule has 1 heterocycles. The summed E-state index contributed by atoms with van der Waals surface area (Å²) in [7, 11) is 1.99. The smallest absolute Gasteiger partial charge is 0.169 e. The summed E-state index contributed by atoms with van der Waals surface area (Å²) in [6.45, 7) is 0. The van der Waals surface area contributed by atoms with Crippen LogP contribution in [0.15, 0.2) is 53.9 Å². The van der Waals surface area contributed by atoms with Gasteiger partial charge in [0.2, 0.25) is 0 Å². The molecule has 0 amide bonds. The zero-order valence-corrected chi connectivity index (χ0v) is 12.6. The summed E-state index contributed by atoms with van der Waals surface area (Å²) in [6.07, 6.45) is 8.08. The molecule has 0 N–H and O–H groups in total. The van der Waals surface area contributed by atoms with Crippen molar-refractivity contribution in [2.45, 2.75) is 0 Å². The van der Waals surface area contributed by atoms with Gasteiger partial charge in [0.15, 0.2) is 12.4 Å². The third kappa shape index (κ3) is 4.73. The van der Waals surface area contributed by atoms with Crippen molar-refractivity contribution in [1.82, 2.24) is 0 Å². The number of azide groups is 1. The normalized spacial score (nSPS) is 9.74. The number of nitrogens with zero attached hydrogens (tertiary/aromatic N) is 4. The molecule has 0 saturated heterocycles. The molecule has 19 heavy (non-hydrogen) atoms. The lowest BCUT2D eigenvalue weighted by Crippen LogP contribution is -3.00. The summed E-state index contributed by atoms with van der Waals surface area (Å²) >= 11 is 0. The summed E-state index contributed by atoms with van der Waals surface area (Å²) < 4.78 is 1.99. The molecule has 5 heteroatoms. The minimum Gasteiger partial charge on any atom is -1.00 e. The largest absolute Gasteiger partial charge is 1.00 e. The van der Waals surface area contributed by atoms with E-state index in [1.807, 2.05) is 60.4 Å². The van der Waals surface area contributed by atoms with Crippen LogP contribution in [0.4, 0.5) is 5.69 Å². The maximum absolute atomic E-state index is 8.31. The van der Waals surface area contributed by atoms with Gasteiger partial charge in [0.25, 0.3) is 0 Å². The first-order valence-corrected chi connectivity index (χ1v) is 5.56. The van der Waals surface area contributed by atoms with Gasteiger partial charge in [0, 0.05) is 22.7 Å². The molecule has 0 atom stereocenters. The van der Waals surface area contributed by atoms with Gasteiger partial charge in [-0.05, 0) is 16.7 Å². The van der Waals surface area contributed by atoms with Crippen molar-refractivity contribution >= 4 is 17.8 Å². The second-order valence-electron chi connectivity index (χ2n) is 3.91. The Hall–Kier alpha value is -1.85. The molecule has 0 aliphatic rings. The van der Waals surface area contributed by atoms with E-state index in [0.717, 1.165) is 11.1 Å². The minimum atomic E-state index is 0. The first kappa shape index (κ1) is 15.2. The maximum atomic E-state index is 8.31. The van der Waals surface area contributed by atoms with E-state index in [1.165, 1.54) is 0 Å². The average Bonchev–Trinajstić information content (AvgIpc) is 2.40. The van der Waals surface area contributed by atoms with Crippen molar-refractivity contribution in [3.05, 3.63) is 70.4 Å². The van der Waals surface area contributed by atoms with E-state index in [1.54, 1.807) is 12.1 Å². The SMILES string of the molecule is C[n+]1ccc(/C=C/c2ccc(N=[N+]=[N-])cc2)cc1.[I-]. The van der Waals surface area contributed by atoms with Crippen LogP contribution in [0, 0.1) is 0 Å². The van der Waals surface area contributed by atoms with Gasteiger partial charge in [-0.15, -0.1) is 0 Å². The highest BCUT2D eigenvalue weighted by atomic mass is 127. The summed E-state index contributed by atoms with van der Waals surface area (Å²) in [6, 6.07) is 11.5. The van der Waals surface area contributed by atoms with Gasteiger partial charge in [-0.2, -0.15) is 0 Å². The lowest BCUT2D eigenvalue weighted by Gasteiger charge is -1.95.